The third-order valence-electron chi connectivity index (χ3n) is 6.39. The van der Waals surface area contributed by atoms with Gasteiger partial charge in [0.1, 0.15) is 18.8 Å². The van der Waals surface area contributed by atoms with Crippen LogP contribution in [0.4, 0.5) is 5.69 Å². The van der Waals surface area contributed by atoms with E-state index in [1.807, 2.05) is 0 Å². The summed E-state index contributed by atoms with van der Waals surface area (Å²) in [6, 6.07) is 11.1. The molecule has 2 aliphatic rings. The SMILES string of the molecule is COc1cccc(C([O-])=C2C(=O)C(=O)N(CCC[NH+]3CCOCC3)C2c2cccc([N+](=O)[O-])c2)c1. The fourth-order valence-electron chi connectivity index (χ4n) is 4.59. The normalized spacial score (nSPS) is 20.3. The molecule has 2 aromatic rings. The van der Waals surface area contributed by atoms with Gasteiger partial charge in [-0.05, 0) is 23.3 Å². The van der Waals surface area contributed by atoms with E-state index in [1.165, 1.54) is 41.2 Å². The Morgan fingerprint density at radius 1 is 1.17 bits per heavy atom. The molecule has 10 heteroatoms. The van der Waals surface area contributed by atoms with Crippen LogP contribution >= 0.6 is 0 Å². The van der Waals surface area contributed by atoms with Gasteiger partial charge in [-0.15, -0.1) is 0 Å². The van der Waals surface area contributed by atoms with Crippen LogP contribution < -0.4 is 14.7 Å². The number of non-ortho nitro benzene ring substituents is 1. The van der Waals surface area contributed by atoms with E-state index >= 15 is 0 Å². The van der Waals surface area contributed by atoms with Crippen LogP contribution in [0.2, 0.25) is 0 Å². The lowest BCUT2D eigenvalue weighted by Gasteiger charge is -2.29. The van der Waals surface area contributed by atoms with Crippen LogP contribution in [0, 0.1) is 10.1 Å². The summed E-state index contributed by atoms with van der Waals surface area (Å²) in [6.45, 7) is 4.12. The van der Waals surface area contributed by atoms with Gasteiger partial charge in [-0.3, -0.25) is 19.7 Å². The average molecular weight is 482 g/mol. The molecule has 4 rings (SSSR count). The predicted molar refractivity (Wildman–Crippen MR) is 123 cm³/mol. The molecule has 0 saturated carbocycles. The molecule has 35 heavy (non-hydrogen) atoms. The Balaban J connectivity index is 1.72. The lowest BCUT2D eigenvalue weighted by atomic mass is 9.95. The number of nitrogens with zero attached hydrogens (tertiary/aromatic N) is 2. The topological polar surface area (TPSA) is 126 Å². The minimum Gasteiger partial charge on any atom is -0.872 e. The Labute approximate surface area is 202 Å². The van der Waals surface area contributed by atoms with E-state index in [1.54, 1.807) is 24.3 Å². The molecule has 1 atom stereocenters. The van der Waals surface area contributed by atoms with Crippen LogP contribution in [0.25, 0.3) is 5.76 Å². The van der Waals surface area contributed by atoms with Gasteiger partial charge in [0.2, 0.25) is 5.78 Å². The molecule has 1 unspecified atom stereocenters. The molecule has 0 spiro atoms. The molecule has 2 saturated heterocycles. The fraction of sp³-hybridized carbons (Fsp3) is 0.360. The van der Waals surface area contributed by atoms with Crippen molar-refractivity contribution in [2.45, 2.75) is 12.5 Å². The number of amides is 1. The molecule has 184 valence electrons. The lowest BCUT2D eigenvalue weighted by Crippen LogP contribution is -3.14. The number of methoxy groups -OCH3 is 1. The second kappa shape index (κ2) is 10.7. The van der Waals surface area contributed by atoms with Crippen molar-refractivity contribution in [1.82, 2.24) is 4.90 Å². The van der Waals surface area contributed by atoms with Crippen LogP contribution in [-0.4, -0.2) is 68.0 Å². The van der Waals surface area contributed by atoms with E-state index in [0.29, 0.717) is 30.9 Å². The quantitative estimate of drug-likeness (QED) is 0.187. The van der Waals surface area contributed by atoms with Crippen molar-refractivity contribution in [3.8, 4) is 5.75 Å². The molecule has 1 N–H and O–H groups in total. The molecule has 2 heterocycles. The highest BCUT2D eigenvalue weighted by atomic mass is 16.6. The number of hydrogen-bond acceptors (Lipinski definition) is 7. The molecule has 1 amide bonds. The Kier molecular flexibility index (Phi) is 7.42. The number of hydrogen-bond donors (Lipinski definition) is 1. The zero-order valence-corrected chi connectivity index (χ0v) is 19.4. The number of nitro groups is 1. The van der Waals surface area contributed by atoms with Crippen molar-refractivity contribution < 1.29 is 34.0 Å². The maximum atomic E-state index is 13.5. The summed E-state index contributed by atoms with van der Waals surface area (Å²) in [6.07, 6.45) is 0.612. The maximum absolute atomic E-state index is 13.5. The molecule has 2 aromatic carbocycles. The number of ketones is 1. The Hall–Kier alpha value is -3.76. The van der Waals surface area contributed by atoms with Gasteiger partial charge in [0.05, 0.1) is 37.8 Å². The average Bonchev–Trinajstić information content (AvgIpc) is 3.14. The van der Waals surface area contributed by atoms with E-state index in [0.717, 1.165) is 19.6 Å². The van der Waals surface area contributed by atoms with Gasteiger partial charge in [-0.25, -0.2) is 0 Å². The number of ether oxygens (including phenoxy) is 2. The zero-order chi connectivity index (χ0) is 24.9. The first-order chi connectivity index (χ1) is 16.9. The highest BCUT2D eigenvalue weighted by molar-refractivity contribution is 6.46. The standard InChI is InChI=1S/C25H27N3O7/c1-34-20-8-3-6-18(16-20)23(29)21-22(17-5-2-7-19(15-17)28(32)33)27(25(31)24(21)30)10-4-9-26-11-13-35-14-12-26/h2-3,5-8,15-16,22,29H,4,9-14H2,1H3. The summed E-state index contributed by atoms with van der Waals surface area (Å²) < 4.78 is 10.6. The summed E-state index contributed by atoms with van der Waals surface area (Å²) in [7, 11) is 1.46. The summed E-state index contributed by atoms with van der Waals surface area (Å²) in [5.41, 5.74) is 0.168. The smallest absolute Gasteiger partial charge is 0.295 e. The number of Topliss-reactive ketones (excluding diaryl/α,β-unsaturated/α-hetero) is 1. The van der Waals surface area contributed by atoms with Crippen molar-refractivity contribution in [3.63, 3.8) is 0 Å². The van der Waals surface area contributed by atoms with E-state index in [4.69, 9.17) is 9.47 Å². The molecule has 0 bridgehead atoms. The van der Waals surface area contributed by atoms with Gasteiger partial charge in [0, 0.05) is 30.7 Å². The first-order valence-corrected chi connectivity index (χ1v) is 11.5. The zero-order valence-electron chi connectivity index (χ0n) is 19.4. The molecule has 0 aromatic heterocycles. The Bertz CT molecular complexity index is 1160. The van der Waals surface area contributed by atoms with E-state index < -0.39 is 28.4 Å². The maximum Gasteiger partial charge on any atom is 0.295 e. The molecule has 0 aliphatic carbocycles. The van der Waals surface area contributed by atoms with Crippen LogP contribution in [-0.2, 0) is 14.3 Å². The van der Waals surface area contributed by atoms with Crippen molar-refractivity contribution in [3.05, 3.63) is 75.3 Å². The highest BCUT2D eigenvalue weighted by Gasteiger charge is 2.44. The number of quaternary nitrogens is 1. The van der Waals surface area contributed by atoms with Crippen molar-refractivity contribution in [2.75, 3.05) is 46.5 Å². The largest absolute Gasteiger partial charge is 0.872 e. The molecule has 2 fully saturated rings. The van der Waals surface area contributed by atoms with Crippen LogP contribution in [0.5, 0.6) is 5.75 Å². The monoisotopic (exact) mass is 481 g/mol. The van der Waals surface area contributed by atoms with Gasteiger partial charge in [-0.2, -0.15) is 0 Å². The number of rotatable bonds is 8. The van der Waals surface area contributed by atoms with E-state index in [9.17, 15) is 24.8 Å². The van der Waals surface area contributed by atoms with Crippen LogP contribution in [0.3, 0.4) is 0 Å². The Morgan fingerprint density at radius 2 is 1.91 bits per heavy atom. The minimum absolute atomic E-state index is 0.180. The number of likely N-dealkylation sites (tertiary alicyclic amines) is 1. The minimum atomic E-state index is -1.01. The van der Waals surface area contributed by atoms with Crippen LogP contribution in [0.1, 0.15) is 23.6 Å². The fourth-order valence-corrected chi connectivity index (χ4v) is 4.59. The van der Waals surface area contributed by atoms with Crippen molar-refractivity contribution >= 4 is 23.1 Å². The van der Waals surface area contributed by atoms with Crippen molar-refractivity contribution in [1.29, 1.82) is 0 Å². The predicted octanol–water partition coefficient (Wildman–Crippen LogP) is 0.133. The summed E-state index contributed by atoms with van der Waals surface area (Å²) >= 11 is 0. The second-order valence-electron chi connectivity index (χ2n) is 8.52. The molecule has 2 aliphatic heterocycles. The molecular formula is C25H27N3O7. The highest BCUT2D eigenvalue weighted by Crippen LogP contribution is 2.39. The van der Waals surface area contributed by atoms with E-state index in [2.05, 4.69) is 0 Å². The molecular weight excluding hydrogens is 454 g/mol. The first-order valence-electron chi connectivity index (χ1n) is 11.5. The third kappa shape index (κ3) is 5.18. The Morgan fingerprint density at radius 3 is 2.63 bits per heavy atom. The van der Waals surface area contributed by atoms with Gasteiger partial charge in [0.25, 0.3) is 11.6 Å². The molecule has 10 nitrogen and oxygen atoms in total. The number of carbonyl (C=O) groups is 2. The number of nitro benzene ring substituents is 1. The molecule has 0 radical (unpaired) electrons. The number of morpholine rings is 1. The van der Waals surface area contributed by atoms with Gasteiger partial charge < -0.3 is 24.4 Å². The lowest BCUT2D eigenvalue weighted by molar-refractivity contribution is -0.908. The van der Waals surface area contributed by atoms with E-state index in [-0.39, 0.29) is 23.4 Å². The number of benzene rings is 2. The van der Waals surface area contributed by atoms with Crippen molar-refractivity contribution in [2.24, 2.45) is 0 Å². The summed E-state index contributed by atoms with van der Waals surface area (Å²) in [5, 5.41) is 24.9. The van der Waals surface area contributed by atoms with Gasteiger partial charge in [0.15, 0.2) is 0 Å². The second-order valence-corrected chi connectivity index (χ2v) is 8.52. The van der Waals surface area contributed by atoms with Crippen LogP contribution in [0.15, 0.2) is 54.1 Å². The number of nitrogens with one attached hydrogen (secondary N) is 1. The first kappa shape index (κ1) is 24.4. The summed E-state index contributed by atoms with van der Waals surface area (Å²) in [4.78, 5) is 39.8. The van der Waals surface area contributed by atoms with Gasteiger partial charge in [-0.1, -0.05) is 30.0 Å². The van der Waals surface area contributed by atoms with Gasteiger partial charge >= 0.3 is 0 Å². The summed E-state index contributed by atoms with van der Waals surface area (Å²) in [5.74, 6) is -1.82. The number of carbonyl (C=O) groups excluding carboxylic acids is 2. The third-order valence-corrected chi connectivity index (χ3v) is 6.39.